The maximum atomic E-state index is 11.0. The standard InChI is InChI=1S/C11H20O3/c1-3-6-9(11(13)14)7-5-8-10(12)4-2/h9H,3-8H2,1-2H3,(H,13,14)/t9-/m1/s1. The Bertz CT molecular complexity index is 187. The molecule has 0 aromatic heterocycles. The minimum Gasteiger partial charge on any atom is -0.481 e. The summed E-state index contributed by atoms with van der Waals surface area (Å²) >= 11 is 0. The van der Waals surface area contributed by atoms with E-state index in [1.54, 1.807) is 0 Å². The Morgan fingerprint density at radius 1 is 1.21 bits per heavy atom. The molecule has 0 unspecified atom stereocenters. The molecule has 3 nitrogen and oxygen atoms in total. The molecule has 1 atom stereocenters. The first-order chi connectivity index (χ1) is 6.61. The van der Waals surface area contributed by atoms with E-state index in [0.29, 0.717) is 25.7 Å². The zero-order valence-electron chi connectivity index (χ0n) is 9.08. The maximum Gasteiger partial charge on any atom is 0.306 e. The van der Waals surface area contributed by atoms with Crippen molar-refractivity contribution in [3.63, 3.8) is 0 Å². The summed E-state index contributed by atoms with van der Waals surface area (Å²) in [7, 11) is 0. The molecule has 0 fully saturated rings. The Hall–Kier alpha value is -0.860. The minimum atomic E-state index is -0.726. The van der Waals surface area contributed by atoms with Gasteiger partial charge in [0.15, 0.2) is 0 Å². The molecule has 0 saturated carbocycles. The molecule has 0 rings (SSSR count). The molecule has 82 valence electrons. The molecular weight excluding hydrogens is 180 g/mol. The second-order valence-corrected chi connectivity index (χ2v) is 3.61. The van der Waals surface area contributed by atoms with Crippen LogP contribution < -0.4 is 0 Å². The third kappa shape index (κ3) is 5.73. The lowest BCUT2D eigenvalue weighted by Crippen LogP contribution is -2.13. The second-order valence-electron chi connectivity index (χ2n) is 3.61. The average Bonchev–Trinajstić information content (AvgIpc) is 2.16. The molecule has 0 bridgehead atoms. The number of aliphatic carboxylic acids is 1. The van der Waals surface area contributed by atoms with Crippen molar-refractivity contribution >= 4 is 11.8 Å². The molecule has 0 spiro atoms. The van der Waals surface area contributed by atoms with Gasteiger partial charge in [-0.3, -0.25) is 9.59 Å². The van der Waals surface area contributed by atoms with Crippen molar-refractivity contribution in [1.29, 1.82) is 0 Å². The lowest BCUT2D eigenvalue weighted by molar-refractivity contribution is -0.142. The summed E-state index contributed by atoms with van der Waals surface area (Å²) in [5.41, 5.74) is 0. The summed E-state index contributed by atoms with van der Waals surface area (Å²) in [6, 6.07) is 0. The van der Waals surface area contributed by atoms with Crippen LogP contribution in [0.25, 0.3) is 0 Å². The molecule has 0 aliphatic carbocycles. The Balaban J connectivity index is 3.71. The third-order valence-corrected chi connectivity index (χ3v) is 2.39. The highest BCUT2D eigenvalue weighted by molar-refractivity contribution is 5.78. The van der Waals surface area contributed by atoms with Crippen LogP contribution in [0.1, 0.15) is 52.4 Å². The molecular formula is C11H20O3. The first-order valence-electron chi connectivity index (χ1n) is 5.36. The van der Waals surface area contributed by atoms with Gasteiger partial charge in [-0.25, -0.2) is 0 Å². The smallest absolute Gasteiger partial charge is 0.306 e. The van der Waals surface area contributed by atoms with E-state index in [9.17, 15) is 9.59 Å². The van der Waals surface area contributed by atoms with Gasteiger partial charge in [0.05, 0.1) is 5.92 Å². The van der Waals surface area contributed by atoms with Crippen molar-refractivity contribution in [2.75, 3.05) is 0 Å². The van der Waals surface area contributed by atoms with Gasteiger partial charge in [-0.05, 0) is 19.3 Å². The monoisotopic (exact) mass is 200 g/mol. The molecule has 0 aromatic rings. The highest BCUT2D eigenvalue weighted by Gasteiger charge is 2.15. The van der Waals surface area contributed by atoms with Crippen LogP contribution in [-0.2, 0) is 9.59 Å². The van der Waals surface area contributed by atoms with Gasteiger partial charge in [0.25, 0.3) is 0 Å². The lowest BCUT2D eigenvalue weighted by Gasteiger charge is -2.09. The fourth-order valence-corrected chi connectivity index (χ4v) is 1.46. The molecule has 0 heterocycles. The van der Waals surface area contributed by atoms with Crippen LogP contribution in [0.3, 0.4) is 0 Å². The van der Waals surface area contributed by atoms with E-state index in [4.69, 9.17) is 5.11 Å². The van der Waals surface area contributed by atoms with Gasteiger partial charge in [0.2, 0.25) is 0 Å². The van der Waals surface area contributed by atoms with E-state index in [1.165, 1.54) is 0 Å². The maximum absolute atomic E-state index is 11.0. The predicted molar refractivity (Wildman–Crippen MR) is 55.2 cm³/mol. The fraction of sp³-hybridized carbons (Fsp3) is 0.818. The Kier molecular flexibility index (Phi) is 7.07. The number of ketones is 1. The van der Waals surface area contributed by atoms with Gasteiger partial charge < -0.3 is 5.11 Å². The third-order valence-electron chi connectivity index (χ3n) is 2.39. The van der Waals surface area contributed by atoms with Crippen molar-refractivity contribution in [1.82, 2.24) is 0 Å². The van der Waals surface area contributed by atoms with Crippen LogP contribution in [0.4, 0.5) is 0 Å². The number of carboxylic acids is 1. The van der Waals surface area contributed by atoms with E-state index in [1.807, 2.05) is 13.8 Å². The average molecular weight is 200 g/mol. The van der Waals surface area contributed by atoms with Gasteiger partial charge in [0, 0.05) is 12.8 Å². The van der Waals surface area contributed by atoms with Gasteiger partial charge in [-0.2, -0.15) is 0 Å². The molecule has 0 amide bonds. The van der Waals surface area contributed by atoms with Gasteiger partial charge in [0.1, 0.15) is 5.78 Å². The number of Topliss-reactive ketones (excluding diaryl/α,β-unsaturated/α-hetero) is 1. The van der Waals surface area contributed by atoms with Crippen LogP contribution in [0.2, 0.25) is 0 Å². The van der Waals surface area contributed by atoms with E-state index in [0.717, 1.165) is 12.8 Å². The Morgan fingerprint density at radius 3 is 2.29 bits per heavy atom. The minimum absolute atomic E-state index is 0.227. The van der Waals surface area contributed by atoms with Crippen LogP contribution in [-0.4, -0.2) is 16.9 Å². The molecule has 0 aliphatic rings. The molecule has 0 aliphatic heterocycles. The fourth-order valence-electron chi connectivity index (χ4n) is 1.46. The summed E-state index contributed by atoms with van der Waals surface area (Å²) in [6.07, 6.45) is 4.04. The van der Waals surface area contributed by atoms with Gasteiger partial charge >= 0.3 is 5.97 Å². The highest BCUT2D eigenvalue weighted by Crippen LogP contribution is 2.15. The van der Waals surface area contributed by atoms with Crippen molar-refractivity contribution in [2.45, 2.75) is 52.4 Å². The molecule has 14 heavy (non-hydrogen) atoms. The number of hydrogen-bond acceptors (Lipinski definition) is 2. The Morgan fingerprint density at radius 2 is 1.86 bits per heavy atom. The number of carbonyl (C=O) groups is 2. The number of carboxylic acid groups (broad SMARTS) is 1. The zero-order chi connectivity index (χ0) is 11.0. The normalized spacial score (nSPS) is 12.4. The SMILES string of the molecule is CCC[C@H](CCCC(=O)CC)C(=O)O. The van der Waals surface area contributed by atoms with Crippen molar-refractivity contribution in [3.05, 3.63) is 0 Å². The number of carbonyl (C=O) groups excluding carboxylic acids is 1. The predicted octanol–water partition coefficient (Wildman–Crippen LogP) is 2.64. The van der Waals surface area contributed by atoms with Crippen molar-refractivity contribution in [3.8, 4) is 0 Å². The van der Waals surface area contributed by atoms with Gasteiger partial charge in [-0.1, -0.05) is 20.3 Å². The summed E-state index contributed by atoms with van der Waals surface area (Å²) in [6.45, 7) is 3.82. The summed E-state index contributed by atoms with van der Waals surface area (Å²) in [4.78, 5) is 21.7. The largest absolute Gasteiger partial charge is 0.481 e. The van der Waals surface area contributed by atoms with E-state index in [-0.39, 0.29) is 11.7 Å². The Labute approximate surface area is 85.5 Å². The van der Waals surface area contributed by atoms with E-state index in [2.05, 4.69) is 0 Å². The first kappa shape index (κ1) is 13.1. The topological polar surface area (TPSA) is 54.4 Å². The first-order valence-corrected chi connectivity index (χ1v) is 5.36. The van der Waals surface area contributed by atoms with Crippen molar-refractivity contribution < 1.29 is 14.7 Å². The summed E-state index contributed by atoms with van der Waals surface area (Å²) in [5, 5.41) is 8.84. The van der Waals surface area contributed by atoms with Crippen LogP contribution in [0.15, 0.2) is 0 Å². The molecule has 1 N–H and O–H groups in total. The molecule has 0 saturated heterocycles. The quantitative estimate of drug-likeness (QED) is 0.655. The van der Waals surface area contributed by atoms with Gasteiger partial charge in [-0.15, -0.1) is 0 Å². The molecule has 0 aromatic carbocycles. The summed E-state index contributed by atoms with van der Waals surface area (Å²) < 4.78 is 0. The van der Waals surface area contributed by atoms with E-state index >= 15 is 0 Å². The summed E-state index contributed by atoms with van der Waals surface area (Å²) in [5.74, 6) is -0.758. The lowest BCUT2D eigenvalue weighted by atomic mass is 9.96. The van der Waals surface area contributed by atoms with Crippen LogP contribution in [0.5, 0.6) is 0 Å². The molecule has 0 radical (unpaired) electrons. The van der Waals surface area contributed by atoms with Crippen LogP contribution in [0, 0.1) is 5.92 Å². The zero-order valence-corrected chi connectivity index (χ0v) is 9.08. The number of hydrogen-bond donors (Lipinski definition) is 1. The number of rotatable bonds is 8. The molecule has 3 heteroatoms. The highest BCUT2D eigenvalue weighted by atomic mass is 16.4. The van der Waals surface area contributed by atoms with Crippen molar-refractivity contribution in [2.24, 2.45) is 5.92 Å². The van der Waals surface area contributed by atoms with E-state index < -0.39 is 5.97 Å². The van der Waals surface area contributed by atoms with Crippen LogP contribution >= 0.6 is 0 Å². The second kappa shape index (κ2) is 7.54.